The fourth-order valence-electron chi connectivity index (χ4n) is 4.12. The van der Waals surface area contributed by atoms with Crippen LogP contribution in [0.4, 0.5) is 4.39 Å². The smallest absolute Gasteiger partial charge is 0.228 e. The van der Waals surface area contributed by atoms with Crippen molar-refractivity contribution in [1.29, 1.82) is 0 Å². The molecule has 7 nitrogen and oxygen atoms in total. The minimum Gasteiger partial charge on any atom is -0.356 e. The first-order valence-electron chi connectivity index (χ1n) is 10.4. The van der Waals surface area contributed by atoms with Gasteiger partial charge in [-0.1, -0.05) is 34.6 Å². The van der Waals surface area contributed by atoms with Crippen molar-refractivity contribution in [3.05, 3.63) is 65.9 Å². The summed E-state index contributed by atoms with van der Waals surface area (Å²) in [6.07, 6.45) is 2.64. The van der Waals surface area contributed by atoms with Crippen molar-refractivity contribution in [2.75, 3.05) is 13.1 Å². The monoisotopic (exact) mass is 420 g/mol. The molecule has 1 aliphatic rings. The van der Waals surface area contributed by atoms with Crippen LogP contribution in [-0.4, -0.2) is 39.2 Å². The molecule has 0 radical (unpaired) electrons. The number of benzene rings is 2. The quantitative estimate of drug-likeness (QED) is 0.484. The Kier molecular flexibility index (Phi) is 5.19. The van der Waals surface area contributed by atoms with Gasteiger partial charge in [0, 0.05) is 24.9 Å². The van der Waals surface area contributed by atoms with E-state index in [0.29, 0.717) is 35.7 Å². The predicted molar refractivity (Wildman–Crippen MR) is 110 cm³/mol. The molecular formula is C23H21FN4O3. The number of para-hydroxylation sites is 1. The number of nitrogens with zero attached hydrogens (tertiary/aromatic N) is 4. The molecule has 2 aromatic heterocycles. The highest BCUT2D eigenvalue weighted by atomic mass is 19.1. The van der Waals surface area contributed by atoms with E-state index in [0.717, 1.165) is 24.8 Å². The Labute approximate surface area is 177 Å². The van der Waals surface area contributed by atoms with Gasteiger partial charge in [-0.25, -0.2) is 4.39 Å². The maximum Gasteiger partial charge on any atom is 0.228 e. The van der Waals surface area contributed by atoms with Gasteiger partial charge < -0.3 is 13.9 Å². The van der Waals surface area contributed by atoms with Crippen molar-refractivity contribution in [3.63, 3.8) is 0 Å². The predicted octanol–water partition coefficient (Wildman–Crippen LogP) is 4.04. The number of amides is 1. The van der Waals surface area contributed by atoms with Gasteiger partial charge in [0.05, 0.1) is 12.0 Å². The zero-order valence-electron chi connectivity index (χ0n) is 16.8. The first kappa shape index (κ1) is 19.4. The van der Waals surface area contributed by atoms with Crippen molar-refractivity contribution in [1.82, 2.24) is 20.2 Å². The fraction of sp³-hybridized carbons (Fsp3) is 0.304. The number of hydrogen-bond donors (Lipinski definition) is 0. The molecule has 8 heteroatoms. The van der Waals surface area contributed by atoms with Crippen molar-refractivity contribution in [2.24, 2.45) is 5.92 Å². The Balaban J connectivity index is 1.23. The van der Waals surface area contributed by atoms with Gasteiger partial charge >= 0.3 is 0 Å². The largest absolute Gasteiger partial charge is 0.356 e. The number of rotatable bonds is 5. The molecule has 0 saturated carbocycles. The van der Waals surface area contributed by atoms with Crippen LogP contribution in [0.15, 0.2) is 57.6 Å². The van der Waals surface area contributed by atoms with E-state index < -0.39 is 0 Å². The molecule has 0 bridgehead atoms. The van der Waals surface area contributed by atoms with Crippen molar-refractivity contribution in [2.45, 2.75) is 25.7 Å². The van der Waals surface area contributed by atoms with Crippen molar-refractivity contribution < 1.29 is 18.2 Å². The number of aromatic nitrogens is 3. The maximum absolute atomic E-state index is 14.0. The molecule has 31 heavy (non-hydrogen) atoms. The Morgan fingerprint density at radius 1 is 1.10 bits per heavy atom. The van der Waals surface area contributed by atoms with Crippen LogP contribution >= 0.6 is 0 Å². The maximum atomic E-state index is 14.0. The van der Waals surface area contributed by atoms with Gasteiger partial charge in [0.15, 0.2) is 5.58 Å². The molecule has 1 atom stereocenters. The summed E-state index contributed by atoms with van der Waals surface area (Å²) in [7, 11) is 0. The number of piperidine rings is 1. The molecule has 0 aliphatic carbocycles. The highest BCUT2D eigenvalue weighted by Crippen LogP contribution is 2.25. The summed E-state index contributed by atoms with van der Waals surface area (Å²) in [5.41, 5.74) is 1.66. The Bertz CT molecular complexity index is 1220. The molecule has 4 aromatic rings. The first-order valence-corrected chi connectivity index (χ1v) is 10.4. The minimum atomic E-state index is -0.385. The number of halogens is 1. The van der Waals surface area contributed by atoms with Crippen LogP contribution in [0.1, 0.15) is 24.4 Å². The Morgan fingerprint density at radius 3 is 2.84 bits per heavy atom. The van der Waals surface area contributed by atoms with E-state index in [4.69, 9.17) is 9.05 Å². The second-order valence-electron chi connectivity index (χ2n) is 7.85. The van der Waals surface area contributed by atoms with Gasteiger partial charge in [-0.3, -0.25) is 4.79 Å². The number of fused-ring (bicyclic) bond motifs is 1. The molecule has 2 aromatic carbocycles. The number of hydrogen-bond acceptors (Lipinski definition) is 6. The summed E-state index contributed by atoms with van der Waals surface area (Å²) in [6.45, 7) is 1.33. The Hall–Kier alpha value is -3.55. The van der Waals surface area contributed by atoms with Gasteiger partial charge in [-0.2, -0.15) is 4.98 Å². The second kappa shape index (κ2) is 8.29. The van der Waals surface area contributed by atoms with Crippen LogP contribution in [0.3, 0.4) is 0 Å². The standard InChI is InChI=1S/C23H21FN4O3/c24-18-9-3-1-7-16(18)23-25-21(31-27-23)12-15-6-5-11-28(14-15)22(29)13-19-17-8-2-4-10-20(17)30-26-19/h1-4,7-10,15H,5-6,11-14H2. The topological polar surface area (TPSA) is 85.3 Å². The molecule has 5 rings (SSSR count). The summed E-state index contributed by atoms with van der Waals surface area (Å²) < 4.78 is 24.6. The average Bonchev–Trinajstić information content (AvgIpc) is 3.42. The highest BCUT2D eigenvalue weighted by Gasteiger charge is 2.27. The second-order valence-corrected chi connectivity index (χ2v) is 7.85. The molecule has 158 valence electrons. The lowest BCUT2D eigenvalue weighted by molar-refractivity contribution is -0.132. The van der Waals surface area contributed by atoms with E-state index in [1.807, 2.05) is 29.2 Å². The summed E-state index contributed by atoms with van der Waals surface area (Å²) in [5.74, 6) is 0.557. The summed E-state index contributed by atoms with van der Waals surface area (Å²) in [5, 5.41) is 8.86. The van der Waals surface area contributed by atoms with Gasteiger partial charge in [0.1, 0.15) is 11.5 Å². The zero-order chi connectivity index (χ0) is 21.2. The van der Waals surface area contributed by atoms with Crippen LogP contribution < -0.4 is 0 Å². The molecule has 3 heterocycles. The van der Waals surface area contributed by atoms with Gasteiger partial charge in [-0.05, 0) is 43.0 Å². The van der Waals surface area contributed by atoms with E-state index >= 15 is 0 Å². The van der Waals surface area contributed by atoms with Gasteiger partial charge in [0.2, 0.25) is 17.6 Å². The lowest BCUT2D eigenvalue weighted by atomic mass is 9.94. The first-order chi connectivity index (χ1) is 15.2. The third-order valence-corrected chi connectivity index (χ3v) is 5.69. The molecule has 1 saturated heterocycles. The van der Waals surface area contributed by atoms with Crippen LogP contribution in [0.5, 0.6) is 0 Å². The molecule has 1 aliphatic heterocycles. The summed E-state index contributed by atoms with van der Waals surface area (Å²) in [6, 6.07) is 13.9. The van der Waals surface area contributed by atoms with Crippen LogP contribution in [-0.2, 0) is 17.6 Å². The van der Waals surface area contributed by atoms with Crippen LogP contribution in [0, 0.1) is 11.7 Å². The molecule has 0 N–H and O–H groups in total. The minimum absolute atomic E-state index is 0.0290. The molecule has 1 fully saturated rings. The summed E-state index contributed by atoms with van der Waals surface area (Å²) in [4.78, 5) is 19.1. The third-order valence-electron chi connectivity index (χ3n) is 5.69. The lowest BCUT2D eigenvalue weighted by Gasteiger charge is -2.32. The highest BCUT2D eigenvalue weighted by molar-refractivity contribution is 5.86. The lowest BCUT2D eigenvalue weighted by Crippen LogP contribution is -2.41. The summed E-state index contributed by atoms with van der Waals surface area (Å²) >= 11 is 0. The van der Waals surface area contributed by atoms with E-state index in [9.17, 15) is 9.18 Å². The number of likely N-dealkylation sites (tertiary alicyclic amines) is 1. The Morgan fingerprint density at radius 2 is 1.94 bits per heavy atom. The normalized spacial score (nSPS) is 16.7. The molecule has 1 amide bonds. The third kappa shape index (κ3) is 4.05. The van der Waals surface area contributed by atoms with Crippen molar-refractivity contribution in [3.8, 4) is 11.4 Å². The van der Waals surface area contributed by atoms with Crippen LogP contribution in [0.25, 0.3) is 22.4 Å². The van der Waals surface area contributed by atoms with Gasteiger partial charge in [0.25, 0.3) is 0 Å². The molecule has 1 unspecified atom stereocenters. The SMILES string of the molecule is O=C(Cc1noc2ccccc12)N1CCCC(Cc2nc(-c3ccccc3F)no2)C1. The molecule has 0 spiro atoms. The molecular weight excluding hydrogens is 399 g/mol. The van der Waals surface area contributed by atoms with E-state index in [1.165, 1.54) is 6.07 Å². The fourth-order valence-corrected chi connectivity index (χ4v) is 4.12. The zero-order valence-corrected chi connectivity index (χ0v) is 16.8. The number of carbonyl (C=O) groups excluding carboxylic acids is 1. The number of carbonyl (C=O) groups is 1. The van der Waals surface area contributed by atoms with Gasteiger partial charge in [-0.15, -0.1) is 0 Å². The van der Waals surface area contributed by atoms with Crippen LogP contribution in [0.2, 0.25) is 0 Å². The van der Waals surface area contributed by atoms with E-state index in [-0.39, 0.29) is 29.9 Å². The van der Waals surface area contributed by atoms with Crippen molar-refractivity contribution >= 4 is 16.9 Å². The average molecular weight is 420 g/mol. The van der Waals surface area contributed by atoms with E-state index in [1.54, 1.807) is 18.2 Å². The van der Waals surface area contributed by atoms with E-state index in [2.05, 4.69) is 15.3 Å².